The van der Waals surface area contributed by atoms with E-state index in [9.17, 15) is 4.79 Å². The molecule has 1 N–H and O–H groups in total. The summed E-state index contributed by atoms with van der Waals surface area (Å²) >= 11 is 0. The summed E-state index contributed by atoms with van der Waals surface area (Å²) in [6.07, 6.45) is 5.13. The molecule has 2 aromatic rings. The van der Waals surface area contributed by atoms with Crippen molar-refractivity contribution in [2.75, 3.05) is 6.54 Å². The summed E-state index contributed by atoms with van der Waals surface area (Å²) < 4.78 is 1.99. The number of rotatable bonds is 3. The molecule has 1 aromatic carbocycles. The van der Waals surface area contributed by atoms with Crippen molar-refractivity contribution in [3.8, 4) is 12.3 Å². The van der Waals surface area contributed by atoms with Crippen molar-refractivity contribution in [1.82, 2.24) is 9.88 Å². The average Bonchev–Trinajstić information content (AvgIpc) is 2.74. The number of carbonyl (C=O) groups is 1. The molecule has 0 saturated carbocycles. The van der Waals surface area contributed by atoms with Crippen LogP contribution in [0.25, 0.3) is 10.9 Å². The number of aryl methyl sites for hydroxylation is 1. The summed E-state index contributed by atoms with van der Waals surface area (Å²) in [5.74, 6) is 2.27. The highest BCUT2D eigenvalue weighted by atomic mass is 16.1. The van der Waals surface area contributed by atoms with Crippen LogP contribution in [-0.2, 0) is 6.54 Å². The van der Waals surface area contributed by atoms with Gasteiger partial charge in [-0.15, -0.1) is 6.42 Å². The van der Waals surface area contributed by atoms with E-state index in [0.29, 0.717) is 5.69 Å². The first kappa shape index (κ1) is 11.3. The highest BCUT2D eigenvalue weighted by Crippen LogP contribution is 2.19. The molecule has 0 aliphatic heterocycles. The fourth-order valence-electron chi connectivity index (χ4n) is 1.96. The van der Waals surface area contributed by atoms with Crippen molar-refractivity contribution in [2.45, 2.75) is 13.5 Å². The smallest absolute Gasteiger partial charge is 0.268 e. The second-order valence-corrected chi connectivity index (χ2v) is 3.72. The molecule has 17 heavy (non-hydrogen) atoms. The van der Waals surface area contributed by atoms with Gasteiger partial charge >= 0.3 is 0 Å². The molecule has 0 saturated heterocycles. The van der Waals surface area contributed by atoms with Gasteiger partial charge in [-0.25, -0.2) is 0 Å². The molecular weight excluding hydrogens is 212 g/mol. The minimum atomic E-state index is -0.124. The zero-order valence-electron chi connectivity index (χ0n) is 9.73. The Morgan fingerprint density at radius 2 is 2.24 bits per heavy atom. The maximum absolute atomic E-state index is 11.9. The van der Waals surface area contributed by atoms with Gasteiger partial charge in [0.25, 0.3) is 5.91 Å². The Morgan fingerprint density at radius 3 is 2.94 bits per heavy atom. The number of hydrogen-bond donors (Lipinski definition) is 1. The summed E-state index contributed by atoms with van der Waals surface area (Å²) in [7, 11) is 0. The van der Waals surface area contributed by atoms with Crippen LogP contribution in [0.4, 0.5) is 0 Å². The monoisotopic (exact) mass is 226 g/mol. The number of para-hydroxylation sites is 1. The van der Waals surface area contributed by atoms with Crippen molar-refractivity contribution in [2.24, 2.45) is 0 Å². The van der Waals surface area contributed by atoms with E-state index in [4.69, 9.17) is 6.42 Å². The third-order valence-electron chi connectivity index (χ3n) is 2.71. The highest BCUT2D eigenvalue weighted by molar-refractivity contribution is 5.98. The molecule has 86 valence electrons. The lowest BCUT2D eigenvalue weighted by Crippen LogP contribution is -2.25. The van der Waals surface area contributed by atoms with Gasteiger partial charge in [-0.3, -0.25) is 4.79 Å². The summed E-state index contributed by atoms with van der Waals surface area (Å²) in [6.45, 7) is 3.03. The van der Waals surface area contributed by atoms with Gasteiger partial charge in [0.05, 0.1) is 6.54 Å². The molecule has 0 aliphatic carbocycles. The summed E-state index contributed by atoms with van der Waals surface area (Å²) in [6, 6.07) is 9.84. The molecule has 0 unspecified atom stereocenters. The second kappa shape index (κ2) is 4.75. The maximum Gasteiger partial charge on any atom is 0.268 e. The molecule has 1 amide bonds. The quantitative estimate of drug-likeness (QED) is 0.798. The molecule has 0 aliphatic rings. The third-order valence-corrected chi connectivity index (χ3v) is 2.71. The standard InChI is InChI=1S/C14H14N2O/c1-3-9-15-14(17)13-10-11-7-5-6-8-12(11)16(13)4-2/h1,5-8,10H,4,9H2,2H3,(H,15,17). The Morgan fingerprint density at radius 1 is 1.47 bits per heavy atom. The van der Waals surface area contributed by atoms with Crippen LogP contribution in [0.15, 0.2) is 30.3 Å². The normalized spacial score (nSPS) is 10.1. The zero-order valence-corrected chi connectivity index (χ0v) is 9.73. The van der Waals surface area contributed by atoms with Crippen LogP contribution in [0.5, 0.6) is 0 Å². The molecule has 0 radical (unpaired) electrons. The van der Waals surface area contributed by atoms with E-state index in [-0.39, 0.29) is 12.5 Å². The first-order chi connectivity index (χ1) is 8.27. The van der Waals surface area contributed by atoms with Gasteiger partial charge in [-0.05, 0) is 19.1 Å². The van der Waals surface area contributed by atoms with Gasteiger partial charge in [0.15, 0.2) is 0 Å². The van der Waals surface area contributed by atoms with E-state index in [0.717, 1.165) is 17.4 Å². The molecule has 2 rings (SSSR count). The van der Waals surface area contributed by atoms with Gasteiger partial charge in [0.2, 0.25) is 0 Å². The van der Waals surface area contributed by atoms with E-state index in [1.54, 1.807) is 0 Å². The van der Waals surface area contributed by atoms with E-state index in [2.05, 4.69) is 11.2 Å². The number of fused-ring (bicyclic) bond motifs is 1. The SMILES string of the molecule is C#CCNC(=O)c1cc2ccccc2n1CC. The predicted octanol–water partition coefficient (Wildman–Crippen LogP) is 2.02. The van der Waals surface area contributed by atoms with Crippen LogP contribution in [0.2, 0.25) is 0 Å². The van der Waals surface area contributed by atoms with Crippen molar-refractivity contribution in [1.29, 1.82) is 0 Å². The van der Waals surface area contributed by atoms with E-state index < -0.39 is 0 Å². The lowest BCUT2D eigenvalue weighted by Gasteiger charge is -2.06. The fourth-order valence-corrected chi connectivity index (χ4v) is 1.96. The molecule has 0 spiro atoms. The van der Waals surface area contributed by atoms with Crippen LogP contribution in [-0.4, -0.2) is 17.0 Å². The number of benzene rings is 1. The maximum atomic E-state index is 11.9. The minimum absolute atomic E-state index is 0.124. The van der Waals surface area contributed by atoms with Gasteiger partial charge < -0.3 is 9.88 Å². The van der Waals surface area contributed by atoms with Crippen molar-refractivity contribution >= 4 is 16.8 Å². The fraction of sp³-hybridized carbons (Fsp3) is 0.214. The molecule has 0 fully saturated rings. The molecule has 0 atom stereocenters. The highest BCUT2D eigenvalue weighted by Gasteiger charge is 2.13. The number of aromatic nitrogens is 1. The van der Waals surface area contributed by atoms with Crippen LogP contribution in [0.1, 0.15) is 17.4 Å². The molecule has 0 bridgehead atoms. The number of nitrogens with one attached hydrogen (secondary N) is 1. The topological polar surface area (TPSA) is 34.0 Å². The van der Waals surface area contributed by atoms with Gasteiger partial charge in [0.1, 0.15) is 5.69 Å². The second-order valence-electron chi connectivity index (χ2n) is 3.72. The lowest BCUT2D eigenvalue weighted by molar-refractivity contribution is 0.0950. The van der Waals surface area contributed by atoms with Crippen molar-refractivity contribution in [3.05, 3.63) is 36.0 Å². The number of carbonyl (C=O) groups excluding carboxylic acids is 1. The summed E-state index contributed by atoms with van der Waals surface area (Å²) in [5.41, 5.74) is 1.73. The summed E-state index contributed by atoms with van der Waals surface area (Å²) in [4.78, 5) is 11.9. The lowest BCUT2D eigenvalue weighted by atomic mass is 10.2. The molecule has 3 heteroatoms. The third kappa shape index (κ3) is 2.02. The first-order valence-corrected chi connectivity index (χ1v) is 5.58. The van der Waals surface area contributed by atoms with Crippen molar-refractivity contribution < 1.29 is 4.79 Å². The van der Waals surface area contributed by atoms with Crippen LogP contribution < -0.4 is 5.32 Å². The Balaban J connectivity index is 2.47. The zero-order chi connectivity index (χ0) is 12.3. The molecular formula is C14H14N2O. The Hall–Kier alpha value is -2.21. The van der Waals surface area contributed by atoms with Crippen molar-refractivity contribution in [3.63, 3.8) is 0 Å². The van der Waals surface area contributed by atoms with Gasteiger partial charge in [0, 0.05) is 17.4 Å². The molecule has 1 heterocycles. The van der Waals surface area contributed by atoms with Gasteiger partial charge in [-0.1, -0.05) is 24.1 Å². The van der Waals surface area contributed by atoms with E-state index in [1.165, 1.54) is 0 Å². The number of terminal acetylenes is 1. The summed E-state index contributed by atoms with van der Waals surface area (Å²) in [5, 5.41) is 3.76. The average molecular weight is 226 g/mol. The van der Waals surface area contributed by atoms with Crippen LogP contribution in [0.3, 0.4) is 0 Å². The van der Waals surface area contributed by atoms with Gasteiger partial charge in [-0.2, -0.15) is 0 Å². The number of amides is 1. The van der Waals surface area contributed by atoms with Crippen LogP contribution >= 0.6 is 0 Å². The molecule has 3 nitrogen and oxygen atoms in total. The molecule has 1 aromatic heterocycles. The minimum Gasteiger partial charge on any atom is -0.340 e. The van der Waals surface area contributed by atoms with E-state index in [1.807, 2.05) is 41.8 Å². The number of hydrogen-bond acceptors (Lipinski definition) is 1. The largest absolute Gasteiger partial charge is 0.340 e. The Kier molecular flexibility index (Phi) is 3.15. The Bertz CT molecular complexity index is 590. The number of nitrogens with zero attached hydrogens (tertiary/aromatic N) is 1. The first-order valence-electron chi connectivity index (χ1n) is 5.58. The predicted molar refractivity (Wildman–Crippen MR) is 68.8 cm³/mol. The van der Waals surface area contributed by atoms with Crippen LogP contribution in [0, 0.1) is 12.3 Å². The van der Waals surface area contributed by atoms with E-state index >= 15 is 0 Å². The Labute approximate surface area is 100 Å².